The van der Waals surface area contributed by atoms with Crippen molar-refractivity contribution < 1.29 is 27.1 Å². The molecule has 0 saturated heterocycles. The van der Waals surface area contributed by atoms with E-state index >= 15 is 0 Å². The van der Waals surface area contributed by atoms with E-state index in [0.717, 1.165) is 17.4 Å². The number of amides is 1. The third kappa shape index (κ3) is 4.85. The van der Waals surface area contributed by atoms with Crippen LogP contribution in [-0.2, 0) is 12.8 Å². The molecule has 0 bridgehead atoms. The van der Waals surface area contributed by atoms with Gasteiger partial charge in [0.25, 0.3) is 5.91 Å². The second-order valence-electron chi connectivity index (χ2n) is 5.56. The van der Waals surface area contributed by atoms with Crippen LogP contribution in [0.1, 0.15) is 20.8 Å². The monoisotopic (exact) mass is 395 g/mol. The molecule has 3 rings (SSSR count). The topological polar surface area (TPSA) is 38.3 Å². The predicted octanol–water partition coefficient (Wildman–Crippen LogP) is 5.74. The van der Waals surface area contributed by atoms with Gasteiger partial charge >= 0.3 is 6.18 Å². The zero-order valence-electron chi connectivity index (χ0n) is 13.7. The first-order valence-electron chi connectivity index (χ1n) is 7.76. The summed E-state index contributed by atoms with van der Waals surface area (Å²) < 4.78 is 57.3. The quantitative estimate of drug-likeness (QED) is 0.560. The molecule has 0 radical (unpaired) electrons. The number of hydrogen-bond donors (Lipinski definition) is 1. The van der Waals surface area contributed by atoms with Gasteiger partial charge in [-0.1, -0.05) is 12.1 Å². The highest BCUT2D eigenvalue weighted by molar-refractivity contribution is 7.12. The van der Waals surface area contributed by atoms with Crippen molar-refractivity contribution >= 4 is 22.9 Å². The minimum Gasteiger partial charge on any atom is -0.489 e. The molecule has 0 atom stereocenters. The van der Waals surface area contributed by atoms with Crippen LogP contribution in [0, 0.1) is 5.82 Å². The average molecular weight is 395 g/mol. The third-order valence-corrected chi connectivity index (χ3v) is 4.56. The Balaban J connectivity index is 1.66. The molecule has 1 N–H and O–H groups in total. The van der Waals surface area contributed by atoms with Gasteiger partial charge in [-0.3, -0.25) is 4.79 Å². The molecule has 3 aromatic rings. The number of benzene rings is 2. The second kappa shape index (κ2) is 7.79. The number of thiophene rings is 1. The van der Waals surface area contributed by atoms with E-state index in [0.29, 0.717) is 11.3 Å². The number of anilines is 1. The van der Waals surface area contributed by atoms with Crippen molar-refractivity contribution in [3.05, 3.63) is 81.8 Å². The number of rotatable bonds is 5. The van der Waals surface area contributed by atoms with E-state index < -0.39 is 17.6 Å². The standard InChI is InChI=1S/C19H13F4NO2S/c20-13-5-7-14(8-6-13)26-10-12-9-17(27-11-12)18(25)24-16-4-2-1-3-15(16)19(21,22)23/h1-9,11H,10H2,(H,24,25). The zero-order chi connectivity index (χ0) is 19.4. The maximum absolute atomic E-state index is 13.0. The van der Waals surface area contributed by atoms with Crippen molar-refractivity contribution in [1.82, 2.24) is 0 Å². The van der Waals surface area contributed by atoms with Gasteiger partial charge in [0.1, 0.15) is 18.2 Å². The van der Waals surface area contributed by atoms with Gasteiger partial charge in [0, 0.05) is 5.56 Å². The van der Waals surface area contributed by atoms with Crippen molar-refractivity contribution in [1.29, 1.82) is 0 Å². The predicted molar refractivity (Wildman–Crippen MR) is 94.4 cm³/mol. The minimum atomic E-state index is -4.56. The van der Waals surface area contributed by atoms with Gasteiger partial charge in [0.2, 0.25) is 0 Å². The summed E-state index contributed by atoms with van der Waals surface area (Å²) in [5.74, 6) is -0.548. The van der Waals surface area contributed by atoms with Crippen LogP contribution < -0.4 is 10.1 Å². The molecule has 0 unspecified atom stereocenters. The first kappa shape index (κ1) is 18.9. The molecule has 2 aromatic carbocycles. The van der Waals surface area contributed by atoms with E-state index in [2.05, 4.69) is 5.32 Å². The van der Waals surface area contributed by atoms with Gasteiger partial charge < -0.3 is 10.1 Å². The smallest absolute Gasteiger partial charge is 0.418 e. The third-order valence-electron chi connectivity index (χ3n) is 3.58. The van der Waals surface area contributed by atoms with Crippen LogP contribution in [0.15, 0.2) is 60.0 Å². The van der Waals surface area contributed by atoms with Gasteiger partial charge in [0.05, 0.1) is 16.1 Å². The number of carbonyl (C=O) groups excluding carboxylic acids is 1. The molecule has 3 nitrogen and oxygen atoms in total. The van der Waals surface area contributed by atoms with Gasteiger partial charge in [-0.05, 0) is 47.8 Å². The van der Waals surface area contributed by atoms with Crippen molar-refractivity contribution in [2.45, 2.75) is 12.8 Å². The van der Waals surface area contributed by atoms with Crippen LogP contribution in [0.5, 0.6) is 5.75 Å². The Morgan fingerprint density at radius 2 is 1.78 bits per heavy atom. The number of halogens is 4. The lowest BCUT2D eigenvalue weighted by molar-refractivity contribution is -0.136. The Bertz CT molecular complexity index is 935. The summed E-state index contributed by atoms with van der Waals surface area (Å²) in [6.07, 6.45) is -4.56. The van der Waals surface area contributed by atoms with Crippen molar-refractivity contribution in [2.24, 2.45) is 0 Å². The summed E-state index contributed by atoms with van der Waals surface area (Å²) in [5.41, 5.74) is -0.527. The highest BCUT2D eigenvalue weighted by Gasteiger charge is 2.33. The molecule has 0 aliphatic heterocycles. The summed E-state index contributed by atoms with van der Waals surface area (Å²) in [6, 6.07) is 11.8. The summed E-state index contributed by atoms with van der Waals surface area (Å²) in [6.45, 7) is 0.147. The summed E-state index contributed by atoms with van der Waals surface area (Å²) in [5, 5.41) is 3.97. The van der Waals surface area contributed by atoms with Gasteiger partial charge in [0.15, 0.2) is 0 Å². The lowest BCUT2D eigenvalue weighted by Crippen LogP contribution is -2.15. The molecule has 0 saturated carbocycles. The number of ether oxygens (including phenoxy) is 1. The molecule has 1 amide bonds. The summed E-state index contributed by atoms with van der Waals surface area (Å²) >= 11 is 1.09. The SMILES string of the molecule is O=C(Nc1ccccc1C(F)(F)F)c1cc(COc2ccc(F)cc2)cs1. The van der Waals surface area contributed by atoms with E-state index in [1.807, 2.05) is 0 Å². The van der Waals surface area contributed by atoms with Crippen LogP contribution >= 0.6 is 11.3 Å². The fourth-order valence-corrected chi connectivity index (χ4v) is 3.08. The maximum atomic E-state index is 13.0. The second-order valence-corrected chi connectivity index (χ2v) is 6.47. The van der Waals surface area contributed by atoms with Gasteiger partial charge in [-0.25, -0.2) is 4.39 Å². The van der Waals surface area contributed by atoms with E-state index in [1.165, 1.54) is 42.5 Å². The fraction of sp³-hybridized carbons (Fsp3) is 0.105. The van der Waals surface area contributed by atoms with Crippen molar-refractivity contribution in [3.63, 3.8) is 0 Å². The Morgan fingerprint density at radius 1 is 1.07 bits per heavy atom. The molecule has 1 aromatic heterocycles. The fourth-order valence-electron chi connectivity index (χ4n) is 2.29. The van der Waals surface area contributed by atoms with Gasteiger partial charge in [-0.15, -0.1) is 11.3 Å². The Morgan fingerprint density at radius 3 is 2.48 bits per heavy atom. The number of alkyl halides is 3. The summed E-state index contributed by atoms with van der Waals surface area (Å²) in [7, 11) is 0. The van der Waals surface area contributed by atoms with E-state index in [-0.39, 0.29) is 23.0 Å². The normalized spacial score (nSPS) is 11.3. The first-order valence-corrected chi connectivity index (χ1v) is 8.64. The Hall–Kier alpha value is -2.87. The highest BCUT2D eigenvalue weighted by atomic mass is 32.1. The Kier molecular flexibility index (Phi) is 5.46. The lowest BCUT2D eigenvalue weighted by Gasteiger charge is -2.12. The molecule has 0 fully saturated rings. The minimum absolute atomic E-state index is 0.147. The van der Waals surface area contributed by atoms with E-state index in [4.69, 9.17) is 4.74 Å². The molecular weight excluding hydrogens is 382 g/mol. The first-order chi connectivity index (χ1) is 12.8. The molecule has 0 spiro atoms. The molecule has 0 aliphatic carbocycles. The van der Waals surface area contributed by atoms with Gasteiger partial charge in [-0.2, -0.15) is 13.2 Å². The van der Waals surface area contributed by atoms with Crippen LogP contribution in [0.2, 0.25) is 0 Å². The van der Waals surface area contributed by atoms with E-state index in [1.54, 1.807) is 11.4 Å². The zero-order valence-corrected chi connectivity index (χ0v) is 14.5. The Labute approximate surface area is 156 Å². The van der Waals surface area contributed by atoms with Crippen molar-refractivity contribution in [3.8, 4) is 5.75 Å². The van der Waals surface area contributed by atoms with E-state index in [9.17, 15) is 22.4 Å². The number of hydrogen-bond acceptors (Lipinski definition) is 3. The van der Waals surface area contributed by atoms with Crippen LogP contribution in [-0.4, -0.2) is 5.91 Å². The number of nitrogens with one attached hydrogen (secondary N) is 1. The molecule has 0 aliphatic rings. The summed E-state index contributed by atoms with van der Waals surface area (Å²) in [4.78, 5) is 12.5. The molecular formula is C19H13F4NO2S. The number of para-hydroxylation sites is 1. The molecule has 8 heteroatoms. The van der Waals surface area contributed by atoms with Crippen LogP contribution in [0.3, 0.4) is 0 Å². The lowest BCUT2D eigenvalue weighted by atomic mass is 10.1. The maximum Gasteiger partial charge on any atom is 0.418 e. The van der Waals surface area contributed by atoms with Crippen molar-refractivity contribution in [2.75, 3.05) is 5.32 Å². The number of carbonyl (C=O) groups is 1. The average Bonchev–Trinajstić information content (AvgIpc) is 3.10. The van der Waals surface area contributed by atoms with Crippen LogP contribution in [0.25, 0.3) is 0 Å². The molecule has 27 heavy (non-hydrogen) atoms. The van der Waals surface area contributed by atoms with Crippen LogP contribution in [0.4, 0.5) is 23.2 Å². The molecule has 140 valence electrons. The highest BCUT2D eigenvalue weighted by Crippen LogP contribution is 2.34. The molecule has 1 heterocycles. The largest absolute Gasteiger partial charge is 0.489 e.